The van der Waals surface area contributed by atoms with Gasteiger partial charge in [-0.3, -0.25) is 0 Å². The summed E-state index contributed by atoms with van der Waals surface area (Å²) < 4.78 is 7.02. The van der Waals surface area contributed by atoms with Crippen LogP contribution in [0.4, 0.5) is 5.82 Å². The van der Waals surface area contributed by atoms with Crippen LogP contribution in [0.2, 0.25) is 0 Å². The zero-order valence-electron chi connectivity index (χ0n) is 10.8. The average molecular weight is 246 g/mol. The molecule has 0 aliphatic rings. The molecule has 0 saturated heterocycles. The van der Waals surface area contributed by atoms with Crippen molar-refractivity contribution in [2.75, 3.05) is 12.8 Å². The molecule has 5 heteroatoms. The summed E-state index contributed by atoms with van der Waals surface area (Å²) in [5.41, 5.74) is 8.87. The Morgan fingerprint density at radius 1 is 1.33 bits per heavy atom. The molecule has 2 N–H and O–H groups in total. The van der Waals surface area contributed by atoms with Crippen molar-refractivity contribution in [3.63, 3.8) is 0 Å². The summed E-state index contributed by atoms with van der Waals surface area (Å²) in [6, 6.07) is 7.98. The molecule has 1 aromatic heterocycles. The number of nitrogens with zero attached hydrogens (tertiary/aromatic N) is 3. The molecule has 0 atom stereocenters. The standard InChI is InChI=1S/C13H18N4O/c1-3-6-12-13(14)15-16-17(12)11-8-5-4-7-10(11)9-18-2/h4-5,7-8H,3,6,9,14H2,1-2H3. The average Bonchev–Trinajstić information content (AvgIpc) is 2.73. The fourth-order valence-electron chi connectivity index (χ4n) is 1.97. The Balaban J connectivity index is 2.48. The number of para-hydroxylation sites is 1. The molecule has 0 aliphatic heterocycles. The van der Waals surface area contributed by atoms with Crippen LogP contribution < -0.4 is 5.73 Å². The van der Waals surface area contributed by atoms with Crippen LogP contribution in [0.15, 0.2) is 24.3 Å². The van der Waals surface area contributed by atoms with Crippen LogP contribution in [0, 0.1) is 0 Å². The lowest BCUT2D eigenvalue weighted by Gasteiger charge is -2.10. The molecule has 1 heterocycles. The second kappa shape index (κ2) is 5.64. The molecule has 0 amide bonds. The minimum absolute atomic E-state index is 0.504. The topological polar surface area (TPSA) is 66.0 Å². The highest BCUT2D eigenvalue weighted by atomic mass is 16.5. The molecule has 2 aromatic rings. The van der Waals surface area contributed by atoms with Gasteiger partial charge in [-0.25, -0.2) is 4.68 Å². The van der Waals surface area contributed by atoms with Gasteiger partial charge in [0.25, 0.3) is 0 Å². The van der Waals surface area contributed by atoms with E-state index in [9.17, 15) is 0 Å². The van der Waals surface area contributed by atoms with Crippen molar-refractivity contribution < 1.29 is 4.74 Å². The maximum absolute atomic E-state index is 5.86. The maximum Gasteiger partial charge on any atom is 0.169 e. The van der Waals surface area contributed by atoms with Gasteiger partial charge >= 0.3 is 0 Å². The summed E-state index contributed by atoms with van der Waals surface area (Å²) >= 11 is 0. The summed E-state index contributed by atoms with van der Waals surface area (Å²) in [4.78, 5) is 0. The van der Waals surface area contributed by atoms with Gasteiger partial charge in [0.2, 0.25) is 0 Å². The Kier molecular flexibility index (Phi) is 3.94. The van der Waals surface area contributed by atoms with E-state index < -0.39 is 0 Å². The lowest BCUT2D eigenvalue weighted by atomic mass is 10.1. The molecule has 0 spiro atoms. The van der Waals surface area contributed by atoms with Crippen molar-refractivity contribution in [3.05, 3.63) is 35.5 Å². The third-order valence-corrected chi connectivity index (χ3v) is 2.80. The molecule has 0 radical (unpaired) electrons. The molecule has 0 unspecified atom stereocenters. The number of benzene rings is 1. The first kappa shape index (κ1) is 12.6. The van der Waals surface area contributed by atoms with Crippen molar-refractivity contribution >= 4 is 5.82 Å². The minimum atomic E-state index is 0.504. The highest BCUT2D eigenvalue weighted by Gasteiger charge is 2.13. The van der Waals surface area contributed by atoms with Crippen LogP contribution in [-0.2, 0) is 17.8 Å². The molecule has 96 valence electrons. The highest BCUT2D eigenvalue weighted by molar-refractivity contribution is 5.45. The molecule has 5 nitrogen and oxygen atoms in total. The first-order valence-corrected chi connectivity index (χ1v) is 6.05. The number of hydrogen-bond donors (Lipinski definition) is 1. The molecule has 1 aromatic carbocycles. The molecule has 0 bridgehead atoms. The lowest BCUT2D eigenvalue weighted by Crippen LogP contribution is -2.07. The van der Waals surface area contributed by atoms with E-state index in [-0.39, 0.29) is 0 Å². The van der Waals surface area contributed by atoms with Crippen LogP contribution >= 0.6 is 0 Å². The second-order valence-electron chi connectivity index (χ2n) is 4.14. The van der Waals surface area contributed by atoms with Crippen LogP contribution in [0.3, 0.4) is 0 Å². The van der Waals surface area contributed by atoms with E-state index >= 15 is 0 Å². The smallest absolute Gasteiger partial charge is 0.169 e. The lowest BCUT2D eigenvalue weighted by molar-refractivity contribution is 0.184. The molecule has 18 heavy (non-hydrogen) atoms. The van der Waals surface area contributed by atoms with E-state index in [0.29, 0.717) is 12.4 Å². The summed E-state index contributed by atoms with van der Waals surface area (Å²) in [5.74, 6) is 0.504. The predicted molar refractivity (Wildman–Crippen MR) is 70.5 cm³/mol. The van der Waals surface area contributed by atoms with Crippen LogP contribution in [0.1, 0.15) is 24.6 Å². The number of anilines is 1. The Hall–Kier alpha value is -1.88. The number of nitrogens with two attached hydrogens (primary N) is 1. The summed E-state index contributed by atoms with van der Waals surface area (Å²) in [6.07, 6.45) is 1.87. The minimum Gasteiger partial charge on any atom is -0.381 e. The Labute approximate surface area is 107 Å². The molecule has 0 fully saturated rings. The fraction of sp³-hybridized carbons (Fsp3) is 0.385. The SMILES string of the molecule is CCCc1c(N)nnn1-c1ccccc1COC. The summed E-state index contributed by atoms with van der Waals surface area (Å²) in [7, 11) is 1.68. The predicted octanol–water partition coefficient (Wildman–Crippen LogP) is 1.95. The van der Waals surface area contributed by atoms with Crippen molar-refractivity contribution in [2.45, 2.75) is 26.4 Å². The Bertz CT molecular complexity index is 521. The van der Waals surface area contributed by atoms with E-state index in [1.165, 1.54) is 0 Å². The number of methoxy groups -OCH3 is 1. The normalized spacial score (nSPS) is 10.8. The fourth-order valence-corrected chi connectivity index (χ4v) is 1.97. The van der Waals surface area contributed by atoms with Crippen molar-refractivity contribution in [2.24, 2.45) is 0 Å². The molecular weight excluding hydrogens is 228 g/mol. The largest absolute Gasteiger partial charge is 0.381 e. The quantitative estimate of drug-likeness (QED) is 0.875. The summed E-state index contributed by atoms with van der Waals surface area (Å²) in [5, 5.41) is 8.10. The van der Waals surface area contributed by atoms with Crippen LogP contribution in [0.5, 0.6) is 0 Å². The number of hydrogen-bond acceptors (Lipinski definition) is 4. The van der Waals surface area contributed by atoms with Crippen LogP contribution in [0.25, 0.3) is 5.69 Å². The maximum atomic E-state index is 5.86. The zero-order valence-corrected chi connectivity index (χ0v) is 10.8. The van der Waals surface area contributed by atoms with Gasteiger partial charge < -0.3 is 10.5 Å². The number of rotatable bonds is 5. The van der Waals surface area contributed by atoms with Crippen molar-refractivity contribution in [1.82, 2.24) is 15.0 Å². The van der Waals surface area contributed by atoms with E-state index in [1.54, 1.807) is 7.11 Å². The number of nitrogen functional groups attached to an aromatic ring is 1. The number of ether oxygens (including phenoxy) is 1. The third-order valence-electron chi connectivity index (χ3n) is 2.80. The molecule has 0 aliphatic carbocycles. The van der Waals surface area contributed by atoms with Crippen molar-refractivity contribution in [1.29, 1.82) is 0 Å². The van der Waals surface area contributed by atoms with E-state index in [4.69, 9.17) is 10.5 Å². The van der Waals surface area contributed by atoms with Crippen LogP contribution in [-0.4, -0.2) is 22.1 Å². The second-order valence-corrected chi connectivity index (χ2v) is 4.14. The van der Waals surface area contributed by atoms with Gasteiger partial charge in [0.1, 0.15) is 0 Å². The first-order valence-electron chi connectivity index (χ1n) is 6.05. The van der Waals surface area contributed by atoms with Crippen molar-refractivity contribution in [3.8, 4) is 5.69 Å². The van der Waals surface area contributed by atoms with Gasteiger partial charge in [0.05, 0.1) is 18.0 Å². The summed E-state index contributed by atoms with van der Waals surface area (Å²) in [6.45, 7) is 2.65. The molecular formula is C13H18N4O. The van der Waals surface area contributed by atoms with Gasteiger partial charge in [0, 0.05) is 12.7 Å². The third kappa shape index (κ3) is 2.36. The van der Waals surface area contributed by atoms with Gasteiger partial charge in [-0.2, -0.15) is 0 Å². The molecule has 2 rings (SSSR count). The Morgan fingerprint density at radius 2 is 2.11 bits per heavy atom. The van der Waals surface area contributed by atoms with Gasteiger partial charge in [-0.1, -0.05) is 36.8 Å². The monoisotopic (exact) mass is 246 g/mol. The zero-order chi connectivity index (χ0) is 13.0. The van der Waals surface area contributed by atoms with Gasteiger partial charge in [-0.15, -0.1) is 5.10 Å². The van der Waals surface area contributed by atoms with Gasteiger partial charge in [0.15, 0.2) is 5.82 Å². The first-order chi connectivity index (χ1) is 8.77. The Morgan fingerprint density at radius 3 is 2.83 bits per heavy atom. The van der Waals surface area contributed by atoms with Gasteiger partial charge in [-0.05, 0) is 12.5 Å². The number of aromatic nitrogens is 3. The highest BCUT2D eigenvalue weighted by Crippen LogP contribution is 2.20. The van der Waals surface area contributed by atoms with E-state index in [2.05, 4.69) is 17.2 Å². The van der Waals surface area contributed by atoms with E-state index in [0.717, 1.165) is 29.8 Å². The molecule has 0 saturated carbocycles. The van der Waals surface area contributed by atoms with E-state index in [1.807, 2.05) is 28.9 Å².